The van der Waals surface area contributed by atoms with Crippen molar-refractivity contribution in [1.82, 2.24) is 5.32 Å². The average molecular weight is 359 g/mol. The molecule has 1 aliphatic carbocycles. The first-order valence-electron chi connectivity index (χ1n) is 6.97. The highest BCUT2D eigenvalue weighted by atomic mass is 35.5. The van der Waals surface area contributed by atoms with Gasteiger partial charge in [0.05, 0.1) is 19.4 Å². The number of nitrogens with one attached hydrogen (secondary N) is 2. The van der Waals surface area contributed by atoms with E-state index in [9.17, 15) is 14.4 Å². The molecule has 1 atom stereocenters. The van der Waals surface area contributed by atoms with Crippen molar-refractivity contribution in [3.63, 3.8) is 0 Å². The number of hydrogen-bond donors (Lipinski definition) is 2. The Morgan fingerprint density at radius 1 is 1.26 bits per heavy atom. The van der Waals surface area contributed by atoms with E-state index in [1.54, 1.807) is 24.3 Å². The summed E-state index contributed by atoms with van der Waals surface area (Å²) in [7, 11) is 1.29. The highest BCUT2D eigenvalue weighted by Crippen LogP contribution is 2.53. The molecular formula is C15H16Cl2N2O4. The Morgan fingerprint density at radius 3 is 2.39 bits per heavy atom. The Kier molecular flexibility index (Phi) is 5.49. The molecule has 23 heavy (non-hydrogen) atoms. The maximum atomic E-state index is 11.9. The summed E-state index contributed by atoms with van der Waals surface area (Å²) in [5, 5.41) is 5.29. The first-order valence-corrected chi connectivity index (χ1v) is 7.73. The third-order valence-corrected chi connectivity index (χ3v) is 4.23. The van der Waals surface area contributed by atoms with E-state index in [4.69, 9.17) is 23.2 Å². The lowest BCUT2D eigenvalue weighted by Gasteiger charge is -2.07. The largest absolute Gasteiger partial charge is 0.469 e. The molecule has 124 valence electrons. The van der Waals surface area contributed by atoms with Crippen LogP contribution in [-0.4, -0.2) is 35.8 Å². The molecule has 1 aromatic carbocycles. The van der Waals surface area contributed by atoms with Gasteiger partial charge in [-0.25, -0.2) is 0 Å². The van der Waals surface area contributed by atoms with E-state index in [0.717, 1.165) is 0 Å². The minimum Gasteiger partial charge on any atom is -0.469 e. The Bertz CT molecular complexity index is 616. The third-order valence-electron chi connectivity index (χ3n) is 3.40. The highest BCUT2D eigenvalue weighted by molar-refractivity contribution is 6.52. The zero-order valence-electron chi connectivity index (χ0n) is 12.4. The van der Waals surface area contributed by atoms with E-state index in [0.29, 0.717) is 17.7 Å². The first kappa shape index (κ1) is 17.6. The van der Waals surface area contributed by atoms with Crippen LogP contribution < -0.4 is 10.6 Å². The Balaban J connectivity index is 1.83. The third kappa shape index (κ3) is 4.84. The lowest BCUT2D eigenvalue weighted by atomic mass is 10.2. The summed E-state index contributed by atoms with van der Waals surface area (Å²) in [5.41, 5.74) is 0.973. The first-order chi connectivity index (χ1) is 10.8. The minimum atomic E-state index is -0.969. The maximum Gasteiger partial charge on any atom is 0.307 e. The van der Waals surface area contributed by atoms with E-state index in [1.807, 2.05) is 0 Å². The van der Waals surface area contributed by atoms with Crippen molar-refractivity contribution >= 4 is 46.7 Å². The van der Waals surface area contributed by atoms with Crippen LogP contribution in [0.4, 0.5) is 5.69 Å². The lowest BCUT2D eigenvalue weighted by molar-refractivity contribution is -0.140. The predicted octanol–water partition coefficient (Wildman–Crippen LogP) is 2.11. The van der Waals surface area contributed by atoms with Gasteiger partial charge in [-0.3, -0.25) is 14.4 Å². The van der Waals surface area contributed by atoms with Crippen LogP contribution in [0.3, 0.4) is 0 Å². The van der Waals surface area contributed by atoms with E-state index in [1.165, 1.54) is 7.11 Å². The fourth-order valence-electron chi connectivity index (χ4n) is 1.91. The van der Waals surface area contributed by atoms with Crippen molar-refractivity contribution < 1.29 is 19.1 Å². The lowest BCUT2D eigenvalue weighted by Crippen LogP contribution is -2.26. The van der Waals surface area contributed by atoms with Crippen LogP contribution in [0.2, 0.25) is 0 Å². The molecule has 1 aliphatic rings. The second-order valence-corrected chi connectivity index (χ2v) is 6.71. The van der Waals surface area contributed by atoms with Crippen molar-refractivity contribution in [3.05, 3.63) is 29.8 Å². The number of methoxy groups -OCH3 is 1. The minimum absolute atomic E-state index is 0.108. The highest BCUT2D eigenvalue weighted by Gasteiger charge is 2.56. The van der Waals surface area contributed by atoms with Gasteiger partial charge in [0.1, 0.15) is 4.33 Å². The van der Waals surface area contributed by atoms with Crippen LogP contribution in [0.15, 0.2) is 24.3 Å². The standard InChI is InChI=1S/C15H16Cl2N2O4/c1-23-12(20)6-7-18-13(21)9-2-4-10(5-3-9)19-14(22)11-8-15(11,16)17/h2-5,11H,6-8H2,1H3,(H,18,21)(H,19,22). The van der Waals surface area contributed by atoms with Crippen molar-refractivity contribution in [2.24, 2.45) is 5.92 Å². The van der Waals surface area contributed by atoms with Gasteiger partial charge < -0.3 is 15.4 Å². The van der Waals surface area contributed by atoms with Crippen LogP contribution in [0, 0.1) is 5.92 Å². The van der Waals surface area contributed by atoms with Crippen molar-refractivity contribution in [1.29, 1.82) is 0 Å². The van der Waals surface area contributed by atoms with Crippen LogP contribution >= 0.6 is 23.2 Å². The second-order valence-electron chi connectivity index (χ2n) is 5.17. The summed E-state index contributed by atoms with van der Waals surface area (Å²) >= 11 is 11.7. The topological polar surface area (TPSA) is 84.5 Å². The number of hydrogen-bond acceptors (Lipinski definition) is 4. The molecule has 0 aromatic heterocycles. The zero-order valence-corrected chi connectivity index (χ0v) is 13.9. The summed E-state index contributed by atoms with van der Waals surface area (Å²) in [6, 6.07) is 6.37. The van der Waals surface area contributed by atoms with E-state index in [2.05, 4.69) is 15.4 Å². The van der Waals surface area contributed by atoms with Crippen LogP contribution in [0.25, 0.3) is 0 Å². The predicted molar refractivity (Wildman–Crippen MR) is 86.6 cm³/mol. The van der Waals surface area contributed by atoms with E-state index >= 15 is 0 Å². The van der Waals surface area contributed by atoms with Gasteiger partial charge >= 0.3 is 5.97 Å². The average Bonchev–Trinajstić information content (AvgIpc) is 3.16. The van der Waals surface area contributed by atoms with Gasteiger partial charge in [0.15, 0.2) is 0 Å². The Morgan fingerprint density at radius 2 is 1.87 bits per heavy atom. The summed E-state index contributed by atoms with van der Waals surface area (Å²) in [4.78, 5) is 34.7. The van der Waals surface area contributed by atoms with Gasteiger partial charge in [-0.1, -0.05) is 0 Å². The molecule has 6 nitrogen and oxygen atoms in total. The summed E-state index contributed by atoms with van der Waals surface area (Å²) in [5.74, 6) is -1.36. The molecule has 8 heteroatoms. The molecule has 0 heterocycles. The molecule has 1 aromatic rings. The van der Waals surface area contributed by atoms with Gasteiger partial charge in [-0.2, -0.15) is 0 Å². The van der Waals surface area contributed by atoms with Crippen molar-refractivity contribution in [2.75, 3.05) is 19.0 Å². The number of anilines is 1. The molecule has 2 amide bonds. The SMILES string of the molecule is COC(=O)CCNC(=O)c1ccc(NC(=O)C2CC2(Cl)Cl)cc1. The molecule has 0 saturated heterocycles. The quantitative estimate of drug-likeness (QED) is 0.602. The van der Waals surface area contributed by atoms with Gasteiger partial charge in [-0.15, -0.1) is 23.2 Å². The molecule has 1 unspecified atom stereocenters. The second kappa shape index (κ2) is 7.19. The van der Waals surface area contributed by atoms with Gasteiger partial charge in [0, 0.05) is 17.8 Å². The molecule has 1 fully saturated rings. The van der Waals surface area contributed by atoms with Gasteiger partial charge in [0.2, 0.25) is 5.91 Å². The molecule has 0 aliphatic heterocycles. The van der Waals surface area contributed by atoms with Crippen LogP contribution in [0.1, 0.15) is 23.2 Å². The van der Waals surface area contributed by atoms with Gasteiger partial charge in [0.25, 0.3) is 5.91 Å². The number of ether oxygens (including phenoxy) is 1. The number of amides is 2. The van der Waals surface area contributed by atoms with E-state index in [-0.39, 0.29) is 24.8 Å². The normalized spacial score (nSPS) is 18.0. The smallest absolute Gasteiger partial charge is 0.307 e. The van der Waals surface area contributed by atoms with Crippen LogP contribution in [0.5, 0.6) is 0 Å². The number of carbonyl (C=O) groups excluding carboxylic acids is 3. The molecule has 2 rings (SSSR count). The Hall–Kier alpha value is -1.79. The molecule has 0 bridgehead atoms. The fraction of sp³-hybridized carbons (Fsp3) is 0.400. The van der Waals surface area contributed by atoms with Crippen LogP contribution in [-0.2, 0) is 14.3 Å². The maximum absolute atomic E-state index is 11.9. The molecule has 0 radical (unpaired) electrons. The van der Waals surface area contributed by atoms with Gasteiger partial charge in [-0.05, 0) is 30.7 Å². The Labute approximate surface area is 143 Å². The summed E-state index contributed by atoms with van der Waals surface area (Å²) < 4.78 is 3.51. The number of halogens is 2. The van der Waals surface area contributed by atoms with E-state index < -0.39 is 16.2 Å². The number of benzene rings is 1. The number of esters is 1. The summed E-state index contributed by atoms with van der Waals surface area (Å²) in [6.07, 6.45) is 0.541. The van der Waals surface area contributed by atoms with Crippen molar-refractivity contribution in [2.45, 2.75) is 17.2 Å². The molecule has 2 N–H and O–H groups in total. The number of alkyl halides is 2. The van der Waals surface area contributed by atoms with Crippen molar-refractivity contribution in [3.8, 4) is 0 Å². The zero-order chi connectivity index (χ0) is 17.0. The number of rotatable bonds is 6. The fourth-order valence-corrected chi connectivity index (χ4v) is 2.42. The number of carbonyl (C=O) groups is 3. The molecule has 1 saturated carbocycles. The monoisotopic (exact) mass is 358 g/mol. The summed E-state index contributed by atoms with van der Waals surface area (Å²) in [6.45, 7) is 0.194. The molecule has 0 spiro atoms. The molecular weight excluding hydrogens is 343 g/mol.